The first-order valence-electron chi connectivity index (χ1n) is 11.8. The van der Waals surface area contributed by atoms with Gasteiger partial charge in [0, 0.05) is 52.0 Å². The van der Waals surface area contributed by atoms with Gasteiger partial charge in [0.05, 0.1) is 4.90 Å². The van der Waals surface area contributed by atoms with Gasteiger partial charge >= 0.3 is 0 Å². The first-order chi connectivity index (χ1) is 17.3. The van der Waals surface area contributed by atoms with Gasteiger partial charge in [0.1, 0.15) is 11.6 Å². The van der Waals surface area contributed by atoms with E-state index in [1.807, 2.05) is 30.0 Å². The normalized spacial score (nSPS) is 17.0. The van der Waals surface area contributed by atoms with Crippen LogP contribution < -0.4 is 14.5 Å². The van der Waals surface area contributed by atoms with Crippen molar-refractivity contribution >= 4 is 55.4 Å². The number of sulfonamides is 1. The quantitative estimate of drug-likeness (QED) is 0.495. The monoisotopic (exact) mass is 550 g/mol. The summed E-state index contributed by atoms with van der Waals surface area (Å²) in [7, 11) is -3.72. The maximum atomic E-state index is 13.4. The third-order valence-corrected chi connectivity index (χ3v) is 9.03. The zero-order valence-corrected chi connectivity index (χ0v) is 22.2. The number of piperazine rings is 1. The van der Waals surface area contributed by atoms with Crippen LogP contribution in [0.1, 0.15) is 21.8 Å². The van der Waals surface area contributed by atoms with Gasteiger partial charge in [0.2, 0.25) is 11.0 Å². The highest BCUT2D eigenvalue weighted by Gasteiger charge is 2.31. The van der Waals surface area contributed by atoms with Crippen LogP contribution in [0.5, 0.6) is 0 Å². The molecule has 12 heteroatoms. The second-order valence-electron chi connectivity index (χ2n) is 8.90. The molecule has 3 heterocycles. The molecule has 1 fully saturated rings. The summed E-state index contributed by atoms with van der Waals surface area (Å²) in [4.78, 5) is 19.8. The van der Waals surface area contributed by atoms with Crippen LogP contribution in [0.15, 0.2) is 52.9 Å². The molecule has 0 aliphatic carbocycles. The van der Waals surface area contributed by atoms with E-state index in [1.54, 1.807) is 24.3 Å². The van der Waals surface area contributed by atoms with Crippen LogP contribution in [0, 0.1) is 0 Å². The Bertz CT molecular complexity index is 1340. The number of aromatic nitrogens is 2. The minimum atomic E-state index is -3.72. The highest BCUT2D eigenvalue weighted by atomic mass is 35.5. The predicted molar refractivity (Wildman–Crippen MR) is 147 cm³/mol. The Labute approximate surface area is 222 Å². The molecule has 0 bridgehead atoms. The maximum Gasteiger partial charge on any atom is 0.263 e. The highest BCUT2D eigenvalue weighted by Crippen LogP contribution is 2.31. The Morgan fingerprint density at radius 2 is 1.86 bits per heavy atom. The number of amides is 1. The number of nitrogens with one attached hydrogen (secondary N) is 1. The zero-order valence-electron chi connectivity index (χ0n) is 19.8. The molecule has 36 heavy (non-hydrogen) atoms. The van der Waals surface area contributed by atoms with Gasteiger partial charge in [-0.1, -0.05) is 22.9 Å². The molecule has 1 saturated heterocycles. The van der Waals surface area contributed by atoms with Gasteiger partial charge in [-0.3, -0.25) is 9.52 Å². The Morgan fingerprint density at radius 1 is 1.11 bits per heavy atom. The number of hydrogen-bond donors (Lipinski definition) is 1. The average Bonchev–Trinajstić information content (AvgIpc) is 3.40. The lowest BCUT2D eigenvalue weighted by Crippen LogP contribution is -2.55. The molecule has 0 spiro atoms. The van der Waals surface area contributed by atoms with E-state index in [0.717, 1.165) is 47.1 Å². The molecule has 0 unspecified atom stereocenters. The average molecular weight is 551 g/mol. The van der Waals surface area contributed by atoms with Gasteiger partial charge in [-0.2, -0.15) is 0 Å². The Hall–Kier alpha value is -2.89. The molecule has 9 nitrogen and oxygen atoms in total. The molecule has 1 N–H and O–H groups in total. The summed E-state index contributed by atoms with van der Waals surface area (Å²) in [6, 6.07) is 12.4. The van der Waals surface area contributed by atoms with E-state index in [4.69, 9.17) is 11.6 Å². The van der Waals surface area contributed by atoms with Gasteiger partial charge in [-0.15, -0.1) is 10.2 Å². The van der Waals surface area contributed by atoms with Crippen molar-refractivity contribution in [2.45, 2.75) is 30.7 Å². The van der Waals surface area contributed by atoms with Crippen molar-refractivity contribution in [2.75, 3.05) is 47.2 Å². The van der Waals surface area contributed by atoms with Crippen LogP contribution >= 0.6 is 22.9 Å². The number of carbonyl (C=O) groups excluding carboxylic acids is 1. The number of fused-ring (bicyclic) bond motifs is 1. The van der Waals surface area contributed by atoms with Gasteiger partial charge in [-0.25, -0.2) is 8.42 Å². The van der Waals surface area contributed by atoms with Gasteiger partial charge in [0.15, 0.2) is 0 Å². The summed E-state index contributed by atoms with van der Waals surface area (Å²) in [6.07, 6.45) is 1.98. The van der Waals surface area contributed by atoms with E-state index in [2.05, 4.69) is 24.7 Å². The number of hydrogen-bond acceptors (Lipinski definition) is 8. The Balaban J connectivity index is 0.00000200. The summed E-state index contributed by atoms with van der Waals surface area (Å²) in [5, 5.41) is 8.32. The minimum absolute atomic E-state index is 0. The van der Waals surface area contributed by atoms with Crippen LogP contribution in [-0.2, 0) is 21.2 Å². The fourth-order valence-corrected chi connectivity index (χ4v) is 6.69. The number of carbonyl (C=O) groups is 1. The van der Waals surface area contributed by atoms with E-state index in [0.29, 0.717) is 26.2 Å². The van der Waals surface area contributed by atoms with Gasteiger partial charge < -0.3 is 14.7 Å². The predicted octanol–water partition coefficient (Wildman–Crippen LogP) is 3.97. The SMILES string of the molecule is C[C@@H](C(=O)N1CCN(c2ccc(S(=O)(=O)Nc3nncs3)cc2)CC1)N1CCCc2cc(Cl)ccc21.[HH].[HH]. The van der Waals surface area contributed by atoms with E-state index in [-0.39, 0.29) is 24.8 Å². The second kappa shape index (κ2) is 10.2. The first kappa shape index (κ1) is 24.8. The molecule has 1 amide bonds. The summed E-state index contributed by atoms with van der Waals surface area (Å²) < 4.78 is 27.5. The minimum Gasteiger partial charge on any atom is -0.368 e. The highest BCUT2D eigenvalue weighted by molar-refractivity contribution is 7.93. The molecule has 2 aromatic carbocycles. The fraction of sp³-hybridized carbons (Fsp3) is 0.375. The number of nitrogens with zero attached hydrogens (tertiary/aromatic N) is 5. The molecule has 2 aliphatic rings. The lowest BCUT2D eigenvalue weighted by atomic mass is 10.00. The van der Waals surface area contributed by atoms with Crippen LogP contribution in [0.4, 0.5) is 16.5 Å². The van der Waals surface area contributed by atoms with E-state index in [1.165, 1.54) is 11.1 Å². The van der Waals surface area contributed by atoms with Crippen LogP contribution in [0.2, 0.25) is 5.02 Å². The van der Waals surface area contributed by atoms with E-state index >= 15 is 0 Å². The fourth-order valence-electron chi connectivity index (χ4n) is 4.81. The lowest BCUT2D eigenvalue weighted by molar-refractivity contribution is -0.132. The standard InChI is InChI=1S/C24H27ClN6O3S2.2H2/c1-17(31-10-2-3-18-15-19(25)4-9-22(18)31)23(32)30-13-11-29(12-14-30)20-5-7-21(8-6-20)36(33,34)28-24-27-26-16-35-24;;/h4-9,15-17H,2-3,10-14H2,1H3,(H,27,28);2*1H/t17-;;/m0../s1. The smallest absolute Gasteiger partial charge is 0.263 e. The molecule has 3 aromatic rings. The Morgan fingerprint density at radius 3 is 2.56 bits per heavy atom. The number of aryl methyl sites for hydroxylation is 1. The van der Waals surface area contributed by atoms with Crippen molar-refractivity contribution in [3.8, 4) is 0 Å². The van der Waals surface area contributed by atoms with Crippen LogP contribution in [0.3, 0.4) is 0 Å². The molecular weight excluding hydrogens is 520 g/mol. The van der Waals surface area contributed by atoms with Crippen LogP contribution in [-0.4, -0.2) is 68.2 Å². The summed E-state index contributed by atoms with van der Waals surface area (Å²) in [5.74, 6) is 0.127. The van der Waals surface area contributed by atoms with Gasteiger partial charge in [0.25, 0.3) is 10.0 Å². The number of halogens is 1. The number of benzene rings is 2. The summed E-state index contributed by atoms with van der Waals surface area (Å²) in [5.41, 5.74) is 4.68. The van der Waals surface area contributed by atoms with Crippen molar-refractivity contribution < 1.29 is 16.1 Å². The maximum absolute atomic E-state index is 13.4. The molecule has 2 aliphatic heterocycles. The third kappa shape index (κ3) is 5.14. The van der Waals surface area contributed by atoms with Gasteiger partial charge in [-0.05, 0) is 67.8 Å². The number of rotatable bonds is 6. The zero-order chi connectivity index (χ0) is 25.3. The molecule has 5 rings (SSSR count). The van der Waals surface area contributed by atoms with Crippen molar-refractivity contribution in [3.05, 3.63) is 58.6 Å². The summed E-state index contributed by atoms with van der Waals surface area (Å²) >= 11 is 7.30. The molecular formula is C24H31ClN6O3S2. The van der Waals surface area contributed by atoms with Crippen molar-refractivity contribution in [1.82, 2.24) is 15.1 Å². The lowest BCUT2D eigenvalue weighted by Gasteiger charge is -2.41. The summed E-state index contributed by atoms with van der Waals surface area (Å²) in [6.45, 7) is 5.42. The molecule has 0 saturated carbocycles. The van der Waals surface area contributed by atoms with E-state index in [9.17, 15) is 13.2 Å². The molecule has 0 radical (unpaired) electrons. The van der Waals surface area contributed by atoms with Crippen molar-refractivity contribution in [3.63, 3.8) is 0 Å². The molecule has 1 aromatic heterocycles. The Kier molecular flexibility index (Phi) is 7.05. The number of anilines is 3. The molecule has 1 atom stereocenters. The molecule has 194 valence electrons. The van der Waals surface area contributed by atoms with Crippen molar-refractivity contribution in [2.24, 2.45) is 0 Å². The van der Waals surface area contributed by atoms with Crippen molar-refractivity contribution in [1.29, 1.82) is 0 Å². The third-order valence-electron chi connectivity index (χ3n) is 6.71. The first-order valence-corrected chi connectivity index (χ1v) is 14.5. The largest absolute Gasteiger partial charge is 0.368 e. The topological polar surface area (TPSA) is 98.7 Å². The van der Waals surface area contributed by atoms with E-state index < -0.39 is 10.0 Å². The second-order valence-corrected chi connectivity index (χ2v) is 11.9. The van der Waals surface area contributed by atoms with Crippen LogP contribution in [0.25, 0.3) is 0 Å².